The van der Waals surface area contributed by atoms with Gasteiger partial charge in [-0.25, -0.2) is 0 Å². The number of hydrogen-bond acceptors (Lipinski definition) is 3. The molecule has 3 nitrogen and oxygen atoms in total. The molecular formula is C12H29N3P+. The molecule has 0 aromatic carbocycles. The van der Waals surface area contributed by atoms with E-state index in [1.165, 1.54) is 45.4 Å². The lowest BCUT2D eigenvalue weighted by Crippen LogP contribution is -2.41. The predicted octanol–water partition coefficient (Wildman–Crippen LogP) is 2.77. The summed E-state index contributed by atoms with van der Waals surface area (Å²) in [6, 6.07) is 0. The number of rotatable bonds is 8. The van der Waals surface area contributed by atoms with E-state index < -0.39 is 7.71 Å². The summed E-state index contributed by atoms with van der Waals surface area (Å²) in [5.41, 5.74) is 0. The highest BCUT2D eigenvalue weighted by atomic mass is 31.2. The normalized spacial score (nSPS) is 17.4. The predicted molar refractivity (Wildman–Crippen MR) is 74.9 cm³/mol. The van der Waals surface area contributed by atoms with Crippen LogP contribution in [0.15, 0.2) is 0 Å². The maximum Gasteiger partial charge on any atom is 0.227 e. The monoisotopic (exact) mass is 246 g/mol. The molecule has 1 rings (SSSR count). The third-order valence-electron chi connectivity index (χ3n) is 3.67. The molecule has 0 amide bonds. The molecular weight excluding hydrogens is 217 g/mol. The first-order valence-electron chi connectivity index (χ1n) is 6.85. The second-order valence-electron chi connectivity index (χ2n) is 4.24. The molecule has 1 aliphatic rings. The van der Waals surface area contributed by atoms with Crippen LogP contribution in [0.25, 0.3) is 0 Å². The summed E-state index contributed by atoms with van der Waals surface area (Å²) >= 11 is 0. The lowest BCUT2D eigenvalue weighted by atomic mass is 10.7. The van der Waals surface area contributed by atoms with Crippen molar-refractivity contribution in [2.24, 2.45) is 0 Å². The molecule has 0 atom stereocenters. The van der Waals surface area contributed by atoms with E-state index in [-0.39, 0.29) is 0 Å². The van der Waals surface area contributed by atoms with Crippen molar-refractivity contribution in [1.29, 1.82) is 0 Å². The maximum absolute atomic E-state index is 2.73. The van der Waals surface area contributed by atoms with Crippen molar-refractivity contribution < 1.29 is 0 Å². The summed E-state index contributed by atoms with van der Waals surface area (Å²) in [5.74, 6) is 0. The van der Waals surface area contributed by atoms with Crippen LogP contribution < -0.4 is 0 Å². The largest absolute Gasteiger partial charge is 0.227 e. The van der Waals surface area contributed by atoms with E-state index in [0.29, 0.717) is 0 Å². The summed E-state index contributed by atoms with van der Waals surface area (Å²) < 4.78 is 8.19. The van der Waals surface area contributed by atoms with Gasteiger partial charge in [-0.2, -0.15) is 0 Å². The zero-order valence-corrected chi connectivity index (χ0v) is 12.6. The molecule has 96 valence electrons. The lowest BCUT2D eigenvalue weighted by Gasteiger charge is -2.41. The summed E-state index contributed by atoms with van der Waals surface area (Å²) in [7, 11) is -1.16. The zero-order valence-electron chi connectivity index (χ0n) is 11.7. The Morgan fingerprint density at radius 1 is 0.812 bits per heavy atom. The molecule has 16 heavy (non-hydrogen) atoms. The highest BCUT2D eigenvalue weighted by molar-refractivity contribution is 7.69. The lowest BCUT2D eigenvalue weighted by molar-refractivity contribution is 0.379. The Labute approximate surface area is 102 Å². The Balaban J connectivity index is 2.96. The molecule has 0 radical (unpaired) electrons. The first-order valence-corrected chi connectivity index (χ1v) is 8.68. The molecule has 0 bridgehead atoms. The summed E-state index contributed by atoms with van der Waals surface area (Å²) in [6.45, 7) is 19.0. The highest BCUT2D eigenvalue weighted by Crippen LogP contribution is 2.69. The minimum Gasteiger partial charge on any atom is -0.149 e. The number of nitrogens with zero attached hydrogens (tertiary/aromatic N) is 3. The van der Waals surface area contributed by atoms with Gasteiger partial charge in [0.1, 0.15) is 6.16 Å². The van der Waals surface area contributed by atoms with Gasteiger partial charge in [-0.3, -0.25) is 0 Å². The quantitative estimate of drug-likeness (QED) is 0.481. The van der Waals surface area contributed by atoms with Crippen molar-refractivity contribution in [2.45, 2.75) is 34.6 Å². The van der Waals surface area contributed by atoms with E-state index in [4.69, 9.17) is 0 Å². The van der Waals surface area contributed by atoms with Crippen LogP contribution in [0.1, 0.15) is 34.6 Å². The second-order valence-corrected chi connectivity index (χ2v) is 7.95. The van der Waals surface area contributed by atoms with Crippen LogP contribution >= 0.6 is 7.71 Å². The molecule has 0 aromatic heterocycles. The molecule has 0 aliphatic carbocycles. The maximum atomic E-state index is 2.73. The second kappa shape index (κ2) is 6.30. The SMILES string of the molecule is CCN(CC)[P+](CC)(N(CC)CC)N1CC1. The van der Waals surface area contributed by atoms with Crippen molar-refractivity contribution >= 4 is 7.71 Å². The smallest absolute Gasteiger partial charge is 0.149 e. The van der Waals surface area contributed by atoms with Crippen molar-refractivity contribution in [3.05, 3.63) is 0 Å². The Morgan fingerprint density at radius 2 is 1.19 bits per heavy atom. The van der Waals surface area contributed by atoms with Gasteiger partial charge in [-0.05, 0) is 34.6 Å². The molecule has 1 saturated heterocycles. The van der Waals surface area contributed by atoms with E-state index in [0.717, 1.165) is 0 Å². The Hall–Kier alpha value is 0.310. The fraction of sp³-hybridized carbons (Fsp3) is 1.00. The molecule has 0 N–H and O–H groups in total. The van der Waals surface area contributed by atoms with Crippen LogP contribution in [0.4, 0.5) is 0 Å². The van der Waals surface area contributed by atoms with Gasteiger partial charge in [-0.1, -0.05) is 0 Å². The Morgan fingerprint density at radius 3 is 1.38 bits per heavy atom. The van der Waals surface area contributed by atoms with Crippen molar-refractivity contribution in [3.63, 3.8) is 0 Å². The van der Waals surface area contributed by atoms with Crippen molar-refractivity contribution in [1.82, 2.24) is 14.0 Å². The van der Waals surface area contributed by atoms with E-state index in [1.54, 1.807) is 0 Å². The van der Waals surface area contributed by atoms with E-state index in [9.17, 15) is 0 Å². The molecule has 4 heteroatoms. The molecule has 0 unspecified atom stereocenters. The minimum atomic E-state index is -1.16. The van der Waals surface area contributed by atoms with Crippen molar-refractivity contribution in [2.75, 3.05) is 45.4 Å². The fourth-order valence-corrected chi connectivity index (χ4v) is 7.67. The van der Waals surface area contributed by atoms with E-state index in [2.05, 4.69) is 48.6 Å². The van der Waals surface area contributed by atoms with Gasteiger partial charge in [0, 0.05) is 26.2 Å². The molecule has 1 heterocycles. The van der Waals surface area contributed by atoms with Crippen LogP contribution in [-0.4, -0.2) is 59.4 Å². The number of hydrogen-bond donors (Lipinski definition) is 0. The van der Waals surface area contributed by atoms with Gasteiger partial charge >= 0.3 is 0 Å². The molecule has 0 saturated carbocycles. The standard InChI is InChI=1S/C12H29N3P/c1-6-13(7-2)16(10-5,15-11-12-15)14(8-3)9-4/h6-12H2,1-5H3/q+1. The summed E-state index contributed by atoms with van der Waals surface area (Å²) in [5, 5.41) is 0. The van der Waals surface area contributed by atoms with Crippen LogP contribution in [0.5, 0.6) is 0 Å². The topological polar surface area (TPSA) is 9.49 Å². The van der Waals surface area contributed by atoms with Gasteiger partial charge in [0.15, 0.2) is 0 Å². The van der Waals surface area contributed by atoms with E-state index in [1.807, 2.05) is 0 Å². The molecule has 0 aromatic rings. The summed E-state index contributed by atoms with van der Waals surface area (Å²) in [6.07, 6.45) is 1.30. The first-order chi connectivity index (χ1) is 7.70. The third-order valence-corrected chi connectivity index (χ3v) is 8.76. The van der Waals surface area contributed by atoms with Gasteiger partial charge < -0.3 is 0 Å². The van der Waals surface area contributed by atoms with E-state index >= 15 is 0 Å². The third kappa shape index (κ3) is 2.43. The Bertz CT molecular complexity index is 186. The van der Waals surface area contributed by atoms with Crippen LogP contribution in [0.3, 0.4) is 0 Å². The average Bonchev–Trinajstić information content (AvgIpc) is 3.13. The van der Waals surface area contributed by atoms with Crippen molar-refractivity contribution in [3.8, 4) is 0 Å². The summed E-state index contributed by atoms with van der Waals surface area (Å²) in [4.78, 5) is 0. The van der Waals surface area contributed by atoms with Crippen LogP contribution in [0, 0.1) is 0 Å². The average molecular weight is 246 g/mol. The minimum absolute atomic E-state index is 1.16. The van der Waals surface area contributed by atoms with Crippen LogP contribution in [0.2, 0.25) is 0 Å². The van der Waals surface area contributed by atoms with Gasteiger partial charge in [0.25, 0.3) is 0 Å². The highest BCUT2D eigenvalue weighted by Gasteiger charge is 2.57. The zero-order chi connectivity index (χ0) is 12.2. The van der Waals surface area contributed by atoms with Gasteiger partial charge in [0.2, 0.25) is 7.71 Å². The fourth-order valence-electron chi connectivity index (χ4n) is 2.85. The first kappa shape index (κ1) is 14.4. The molecule has 1 fully saturated rings. The molecule has 0 spiro atoms. The Kier molecular flexibility index (Phi) is 5.66. The van der Waals surface area contributed by atoms with Crippen LogP contribution in [-0.2, 0) is 0 Å². The van der Waals surface area contributed by atoms with Gasteiger partial charge in [-0.15, -0.1) is 14.0 Å². The molecule has 1 aliphatic heterocycles. The van der Waals surface area contributed by atoms with Gasteiger partial charge in [0.05, 0.1) is 13.1 Å².